The molecule has 0 amide bonds. The van der Waals surface area contributed by atoms with E-state index in [2.05, 4.69) is 13.8 Å². The lowest BCUT2D eigenvalue weighted by atomic mass is 9.88. The number of hydrogen-bond donors (Lipinski definition) is 1. The molecule has 1 aromatic rings. The van der Waals surface area contributed by atoms with Gasteiger partial charge in [0.15, 0.2) is 0 Å². The van der Waals surface area contributed by atoms with Crippen molar-refractivity contribution in [1.82, 2.24) is 0 Å². The monoisotopic (exact) mass is 236 g/mol. The van der Waals surface area contributed by atoms with Gasteiger partial charge in [-0.1, -0.05) is 20.3 Å². The van der Waals surface area contributed by atoms with E-state index in [0.717, 1.165) is 30.6 Å². The SMILES string of the molecule is CCCC(CC)c1cc(OC)ccc1C(=O)O. The molecule has 0 aliphatic rings. The lowest BCUT2D eigenvalue weighted by molar-refractivity contribution is 0.0695. The largest absolute Gasteiger partial charge is 0.497 e. The fourth-order valence-corrected chi connectivity index (χ4v) is 2.13. The molecule has 1 aromatic carbocycles. The van der Waals surface area contributed by atoms with Gasteiger partial charge < -0.3 is 9.84 Å². The maximum atomic E-state index is 11.2. The van der Waals surface area contributed by atoms with Crippen LogP contribution in [-0.4, -0.2) is 18.2 Å². The summed E-state index contributed by atoms with van der Waals surface area (Å²) in [6, 6.07) is 5.19. The topological polar surface area (TPSA) is 46.5 Å². The summed E-state index contributed by atoms with van der Waals surface area (Å²) in [6.45, 7) is 4.20. The predicted molar refractivity (Wildman–Crippen MR) is 67.9 cm³/mol. The normalized spacial score (nSPS) is 12.2. The Kier molecular flexibility index (Phi) is 5.01. The maximum Gasteiger partial charge on any atom is 0.335 e. The minimum Gasteiger partial charge on any atom is -0.497 e. The lowest BCUT2D eigenvalue weighted by Gasteiger charge is -2.17. The standard InChI is InChI=1S/C14H20O3/c1-4-6-10(5-2)13-9-11(17-3)7-8-12(13)14(15)16/h7-10H,4-6H2,1-3H3,(H,15,16). The summed E-state index contributed by atoms with van der Waals surface area (Å²) >= 11 is 0. The fraction of sp³-hybridized carbons (Fsp3) is 0.500. The molecular weight excluding hydrogens is 216 g/mol. The summed E-state index contributed by atoms with van der Waals surface area (Å²) in [5.41, 5.74) is 1.28. The molecule has 0 aliphatic heterocycles. The van der Waals surface area contributed by atoms with Gasteiger partial charge in [-0.15, -0.1) is 0 Å². The zero-order valence-corrected chi connectivity index (χ0v) is 10.7. The Morgan fingerprint density at radius 1 is 1.41 bits per heavy atom. The van der Waals surface area contributed by atoms with Crippen LogP contribution in [0, 0.1) is 0 Å². The molecule has 0 radical (unpaired) electrons. The second kappa shape index (κ2) is 6.28. The Morgan fingerprint density at radius 3 is 2.59 bits per heavy atom. The Labute approximate surface area is 102 Å². The fourth-order valence-electron chi connectivity index (χ4n) is 2.13. The van der Waals surface area contributed by atoms with Crippen molar-refractivity contribution in [2.75, 3.05) is 7.11 Å². The maximum absolute atomic E-state index is 11.2. The van der Waals surface area contributed by atoms with Crippen molar-refractivity contribution in [3.8, 4) is 5.75 Å². The molecule has 1 atom stereocenters. The predicted octanol–water partition coefficient (Wildman–Crippen LogP) is 3.69. The third-order valence-electron chi connectivity index (χ3n) is 3.06. The van der Waals surface area contributed by atoms with Gasteiger partial charge in [-0.25, -0.2) is 4.79 Å². The van der Waals surface area contributed by atoms with Crippen molar-refractivity contribution in [3.63, 3.8) is 0 Å². The quantitative estimate of drug-likeness (QED) is 0.819. The van der Waals surface area contributed by atoms with Crippen LogP contribution >= 0.6 is 0 Å². The molecule has 0 saturated heterocycles. The van der Waals surface area contributed by atoms with Crippen LogP contribution in [0.1, 0.15) is 54.9 Å². The summed E-state index contributed by atoms with van der Waals surface area (Å²) in [5.74, 6) is 0.151. The molecule has 1 N–H and O–H groups in total. The van der Waals surface area contributed by atoms with Crippen LogP contribution in [0.4, 0.5) is 0 Å². The van der Waals surface area contributed by atoms with E-state index in [9.17, 15) is 9.90 Å². The minimum atomic E-state index is -0.864. The van der Waals surface area contributed by atoms with Crippen molar-refractivity contribution < 1.29 is 14.6 Å². The molecule has 3 nitrogen and oxygen atoms in total. The van der Waals surface area contributed by atoms with E-state index in [-0.39, 0.29) is 0 Å². The first kappa shape index (κ1) is 13.6. The highest BCUT2D eigenvalue weighted by Gasteiger charge is 2.17. The van der Waals surface area contributed by atoms with Crippen molar-refractivity contribution in [1.29, 1.82) is 0 Å². The average Bonchev–Trinajstić information content (AvgIpc) is 2.35. The van der Waals surface area contributed by atoms with Crippen LogP contribution in [0.3, 0.4) is 0 Å². The van der Waals surface area contributed by atoms with Crippen molar-refractivity contribution in [2.45, 2.75) is 39.0 Å². The van der Waals surface area contributed by atoms with Crippen LogP contribution in [0.2, 0.25) is 0 Å². The molecule has 94 valence electrons. The summed E-state index contributed by atoms with van der Waals surface area (Å²) in [4.78, 5) is 11.2. The Hall–Kier alpha value is -1.51. The number of carbonyl (C=O) groups is 1. The van der Waals surface area contributed by atoms with Gasteiger partial charge >= 0.3 is 5.97 Å². The number of carboxylic acids is 1. The number of benzene rings is 1. The molecule has 0 heterocycles. The molecule has 0 saturated carbocycles. The average molecular weight is 236 g/mol. The van der Waals surface area contributed by atoms with Crippen LogP contribution in [0.15, 0.2) is 18.2 Å². The van der Waals surface area contributed by atoms with Crippen molar-refractivity contribution in [3.05, 3.63) is 29.3 Å². The van der Waals surface area contributed by atoms with E-state index in [1.807, 2.05) is 6.07 Å². The van der Waals surface area contributed by atoms with Crippen molar-refractivity contribution >= 4 is 5.97 Å². The van der Waals surface area contributed by atoms with Crippen LogP contribution in [-0.2, 0) is 0 Å². The van der Waals surface area contributed by atoms with Crippen molar-refractivity contribution in [2.24, 2.45) is 0 Å². The molecule has 1 unspecified atom stereocenters. The summed E-state index contributed by atoms with van der Waals surface area (Å²) in [5, 5.41) is 9.20. The summed E-state index contributed by atoms with van der Waals surface area (Å²) in [6.07, 6.45) is 3.00. The first-order valence-electron chi connectivity index (χ1n) is 6.05. The van der Waals surface area contributed by atoms with Crippen LogP contribution < -0.4 is 4.74 Å². The van der Waals surface area contributed by atoms with Gasteiger partial charge in [0.25, 0.3) is 0 Å². The molecule has 17 heavy (non-hydrogen) atoms. The van der Waals surface area contributed by atoms with Gasteiger partial charge in [-0.3, -0.25) is 0 Å². The van der Waals surface area contributed by atoms with Gasteiger partial charge in [0, 0.05) is 0 Å². The van der Waals surface area contributed by atoms with Gasteiger partial charge in [0.05, 0.1) is 12.7 Å². The lowest BCUT2D eigenvalue weighted by Crippen LogP contribution is -2.07. The third-order valence-corrected chi connectivity index (χ3v) is 3.06. The van der Waals surface area contributed by atoms with E-state index in [0.29, 0.717) is 11.5 Å². The smallest absolute Gasteiger partial charge is 0.335 e. The van der Waals surface area contributed by atoms with E-state index < -0.39 is 5.97 Å². The zero-order chi connectivity index (χ0) is 12.8. The first-order chi connectivity index (χ1) is 8.13. The third kappa shape index (κ3) is 3.22. The molecule has 3 heteroatoms. The highest BCUT2D eigenvalue weighted by atomic mass is 16.5. The number of hydrogen-bond acceptors (Lipinski definition) is 2. The Bertz CT molecular complexity index is 385. The van der Waals surface area contributed by atoms with E-state index in [1.54, 1.807) is 19.2 Å². The Balaban J connectivity index is 3.19. The van der Waals surface area contributed by atoms with Gasteiger partial charge in [-0.2, -0.15) is 0 Å². The first-order valence-corrected chi connectivity index (χ1v) is 6.05. The second-order valence-electron chi connectivity index (χ2n) is 4.15. The van der Waals surface area contributed by atoms with Crippen LogP contribution in [0.5, 0.6) is 5.75 Å². The van der Waals surface area contributed by atoms with Gasteiger partial charge in [0.2, 0.25) is 0 Å². The Morgan fingerprint density at radius 2 is 2.12 bits per heavy atom. The molecule has 0 spiro atoms. The van der Waals surface area contributed by atoms with Gasteiger partial charge in [0.1, 0.15) is 5.75 Å². The van der Waals surface area contributed by atoms with Crippen LogP contribution in [0.25, 0.3) is 0 Å². The van der Waals surface area contributed by atoms with E-state index in [4.69, 9.17) is 4.74 Å². The number of aromatic carboxylic acids is 1. The highest BCUT2D eigenvalue weighted by molar-refractivity contribution is 5.89. The van der Waals surface area contributed by atoms with E-state index in [1.165, 1.54) is 0 Å². The number of methoxy groups -OCH3 is 1. The second-order valence-corrected chi connectivity index (χ2v) is 4.15. The molecular formula is C14H20O3. The van der Waals surface area contributed by atoms with E-state index >= 15 is 0 Å². The minimum absolute atomic E-state index is 0.293. The summed E-state index contributed by atoms with van der Waals surface area (Å²) in [7, 11) is 1.60. The van der Waals surface area contributed by atoms with Gasteiger partial charge in [-0.05, 0) is 42.5 Å². The summed E-state index contributed by atoms with van der Waals surface area (Å²) < 4.78 is 5.17. The molecule has 0 aromatic heterocycles. The number of carboxylic acid groups (broad SMARTS) is 1. The highest BCUT2D eigenvalue weighted by Crippen LogP contribution is 2.30. The number of rotatable bonds is 6. The molecule has 0 fully saturated rings. The zero-order valence-electron chi connectivity index (χ0n) is 10.7. The molecule has 0 bridgehead atoms. The molecule has 1 rings (SSSR count). The number of ether oxygens (including phenoxy) is 1. The molecule has 0 aliphatic carbocycles.